The molecule has 4 rings (SSSR count). The zero-order valence-electron chi connectivity index (χ0n) is 12.2. The number of alkyl halides is 1. The highest BCUT2D eigenvalue weighted by Crippen LogP contribution is 2.60. The quantitative estimate of drug-likeness (QED) is 0.534. The van der Waals surface area contributed by atoms with Gasteiger partial charge in [-0.25, -0.2) is 0 Å². The molecule has 1 saturated heterocycles. The third-order valence-electron chi connectivity index (χ3n) is 5.42. The predicted molar refractivity (Wildman–Crippen MR) is 93.7 cm³/mol. The third-order valence-corrected chi connectivity index (χ3v) is 8.00. The maximum atomic E-state index is 12.8. The second-order valence-corrected chi connectivity index (χ2v) is 8.77. The SMILES string of the molecule is Cc1c(NC(=O)[C@@H]2[C@H]3C[C@H]4[C@H](OC(=O)[C@H]42)[C@H]3Br)ccc(Br)c1Cl. The van der Waals surface area contributed by atoms with Crippen molar-refractivity contribution < 1.29 is 14.3 Å². The Balaban J connectivity index is 1.61. The standard InChI is InChI=1S/C16H14Br2ClNO3/c1-5-9(3-2-8(17)13(5)19)20-15(21)10-6-4-7-11(10)16(22)23-14(7)12(6)18/h2-3,6-7,10-12,14H,4H2,1H3,(H,20,21)/t6-,7-,10-,11-,12+,14+/m1/s1. The van der Waals surface area contributed by atoms with E-state index in [1.807, 2.05) is 13.0 Å². The summed E-state index contributed by atoms with van der Waals surface area (Å²) in [4.78, 5) is 25.0. The number of hydrogen-bond acceptors (Lipinski definition) is 3. The van der Waals surface area contributed by atoms with Crippen LogP contribution in [0.4, 0.5) is 5.69 Å². The third kappa shape index (κ3) is 2.21. The smallest absolute Gasteiger partial charge is 0.310 e. The molecule has 2 saturated carbocycles. The molecule has 0 spiro atoms. The Kier molecular flexibility index (Phi) is 3.78. The molecule has 0 unspecified atom stereocenters. The highest BCUT2D eigenvalue weighted by Gasteiger charge is 2.67. The Morgan fingerprint density at radius 3 is 2.87 bits per heavy atom. The van der Waals surface area contributed by atoms with Crippen molar-refractivity contribution in [2.24, 2.45) is 23.7 Å². The molecule has 7 heteroatoms. The van der Waals surface area contributed by atoms with Crippen molar-refractivity contribution in [3.63, 3.8) is 0 Å². The van der Waals surface area contributed by atoms with E-state index < -0.39 is 0 Å². The molecule has 4 nitrogen and oxygen atoms in total. The number of nitrogens with one attached hydrogen (secondary N) is 1. The van der Waals surface area contributed by atoms with Crippen LogP contribution in [-0.2, 0) is 14.3 Å². The molecule has 1 aliphatic heterocycles. The number of hydrogen-bond donors (Lipinski definition) is 1. The number of anilines is 1. The fourth-order valence-electron chi connectivity index (χ4n) is 4.33. The van der Waals surface area contributed by atoms with E-state index in [9.17, 15) is 9.59 Å². The van der Waals surface area contributed by atoms with Crippen molar-refractivity contribution in [1.82, 2.24) is 0 Å². The Morgan fingerprint density at radius 1 is 1.39 bits per heavy atom. The molecule has 1 amide bonds. The lowest BCUT2D eigenvalue weighted by Crippen LogP contribution is -2.40. The number of halogens is 3. The summed E-state index contributed by atoms with van der Waals surface area (Å²) in [5, 5.41) is 3.53. The summed E-state index contributed by atoms with van der Waals surface area (Å²) in [6.45, 7) is 1.86. The summed E-state index contributed by atoms with van der Waals surface area (Å²) in [6, 6.07) is 3.62. The molecule has 1 aromatic rings. The minimum atomic E-state index is -0.336. The molecule has 3 aliphatic rings. The number of benzene rings is 1. The number of ether oxygens (including phenoxy) is 1. The van der Waals surface area contributed by atoms with E-state index in [0.717, 1.165) is 16.5 Å². The van der Waals surface area contributed by atoms with E-state index in [4.69, 9.17) is 16.3 Å². The zero-order valence-corrected chi connectivity index (χ0v) is 16.1. The molecule has 1 aromatic carbocycles. The molecule has 0 radical (unpaired) electrons. The van der Waals surface area contributed by atoms with Gasteiger partial charge in [-0.05, 0) is 52.9 Å². The molecule has 0 aromatic heterocycles. The Bertz CT molecular complexity index is 726. The van der Waals surface area contributed by atoms with Crippen LogP contribution in [-0.4, -0.2) is 22.8 Å². The van der Waals surface area contributed by atoms with Crippen LogP contribution in [0.2, 0.25) is 5.02 Å². The second-order valence-electron chi connectivity index (χ2n) is 6.48. The van der Waals surface area contributed by atoms with Gasteiger partial charge in [0.05, 0.1) is 21.7 Å². The van der Waals surface area contributed by atoms with E-state index in [2.05, 4.69) is 37.2 Å². The van der Waals surface area contributed by atoms with E-state index in [0.29, 0.717) is 10.7 Å². The molecular formula is C16H14Br2ClNO3. The molecule has 1 heterocycles. The molecule has 6 atom stereocenters. The van der Waals surface area contributed by atoms with Crippen LogP contribution < -0.4 is 5.32 Å². The van der Waals surface area contributed by atoms with E-state index >= 15 is 0 Å². The highest BCUT2D eigenvalue weighted by molar-refractivity contribution is 9.10. The Labute approximate surface area is 155 Å². The summed E-state index contributed by atoms with van der Waals surface area (Å²) in [6.07, 6.45) is 0.806. The molecule has 122 valence electrons. The van der Waals surface area contributed by atoms with Crippen molar-refractivity contribution in [1.29, 1.82) is 0 Å². The number of fused-ring (bicyclic) bond motifs is 1. The van der Waals surface area contributed by atoms with Gasteiger partial charge in [0.1, 0.15) is 6.10 Å². The lowest BCUT2D eigenvalue weighted by Gasteiger charge is -2.27. The average Bonchev–Trinajstić information content (AvgIpc) is 3.12. The number of amides is 1. The Hall–Kier alpha value is -0.590. The van der Waals surface area contributed by atoms with Crippen LogP contribution >= 0.6 is 43.5 Å². The van der Waals surface area contributed by atoms with Crippen molar-refractivity contribution in [2.45, 2.75) is 24.3 Å². The maximum absolute atomic E-state index is 12.8. The van der Waals surface area contributed by atoms with Crippen molar-refractivity contribution in [3.8, 4) is 0 Å². The molecular weight excluding hydrogens is 449 g/mol. The van der Waals surface area contributed by atoms with Gasteiger partial charge in [-0.15, -0.1) is 0 Å². The Morgan fingerprint density at radius 2 is 2.13 bits per heavy atom. The fourth-order valence-corrected chi connectivity index (χ4v) is 5.97. The molecule has 23 heavy (non-hydrogen) atoms. The van der Waals surface area contributed by atoms with Crippen molar-refractivity contribution in [3.05, 3.63) is 27.2 Å². The second kappa shape index (κ2) is 5.46. The highest BCUT2D eigenvalue weighted by atomic mass is 79.9. The van der Waals surface area contributed by atoms with Gasteiger partial charge in [0, 0.05) is 16.1 Å². The van der Waals surface area contributed by atoms with Crippen LogP contribution in [0.25, 0.3) is 0 Å². The summed E-state index contributed by atoms with van der Waals surface area (Å²) < 4.78 is 6.24. The van der Waals surface area contributed by atoms with E-state index in [1.54, 1.807) is 6.07 Å². The van der Waals surface area contributed by atoms with Crippen molar-refractivity contribution >= 4 is 61.0 Å². The van der Waals surface area contributed by atoms with Gasteiger partial charge in [0.2, 0.25) is 5.91 Å². The van der Waals surface area contributed by atoms with Crippen LogP contribution in [0.15, 0.2) is 16.6 Å². The van der Waals surface area contributed by atoms with Gasteiger partial charge >= 0.3 is 5.97 Å². The zero-order chi connectivity index (χ0) is 16.5. The normalized spacial score (nSPS) is 37.1. The van der Waals surface area contributed by atoms with Crippen molar-refractivity contribution in [2.75, 3.05) is 5.32 Å². The number of carbonyl (C=O) groups excluding carboxylic acids is 2. The van der Waals surface area contributed by atoms with Gasteiger partial charge in [-0.1, -0.05) is 27.5 Å². The first kappa shape index (κ1) is 15.9. The number of rotatable bonds is 2. The van der Waals surface area contributed by atoms with Gasteiger partial charge in [-0.3, -0.25) is 9.59 Å². The largest absolute Gasteiger partial charge is 0.461 e. The lowest BCUT2D eigenvalue weighted by molar-refractivity contribution is -0.145. The van der Waals surface area contributed by atoms with Crippen LogP contribution in [0.1, 0.15) is 12.0 Å². The fraction of sp³-hybridized carbons (Fsp3) is 0.500. The van der Waals surface area contributed by atoms with Gasteiger partial charge in [0.25, 0.3) is 0 Å². The van der Waals surface area contributed by atoms with E-state index in [-0.39, 0.29) is 46.5 Å². The lowest BCUT2D eigenvalue weighted by atomic mass is 9.79. The van der Waals surface area contributed by atoms with Crippen LogP contribution in [0, 0.1) is 30.6 Å². The monoisotopic (exact) mass is 461 g/mol. The molecule has 1 N–H and O–H groups in total. The maximum Gasteiger partial charge on any atom is 0.310 e. The van der Waals surface area contributed by atoms with Gasteiger partial charge in [0.15, 0.2) is 0 Å². The van der Waals surface area contributed by atoms with Crippen LogP contribution in [0.3, 0.4) is 0 Å². The number of esters is 1. The van der Waals surface area contributed by atoms with Gasteiger partial charge < -0.3 is 10.1 Å². The first-order chi connectivity index (χ1) is 10.9. The molecule has 2 aliphatic carbocycles. The summed E-state index contributed by atoms with van der Waals surface area (Å²) in [7, 11) is 0. The van der Waals surface area contributed by atoms with Crippen LogP contribution in [0.5, 0.6) is 0 Å². The minimum Gasteiger partial charge on any atom is -0.461 e. The first-order valence-corrected chi connectivity index (χ1v) is 9.59. The predicted octanol–water partition coefficient (Wildman–Crippen LogP) is 3.92. The summed E-state index contributed by atoms with van der Waals surface area (Å²) in [5.74, 6) is -0.668. The molecule has 3 fully saturated rings. The topological polar surface area (TPSA) is 55.4 Å². The summed E-state index contributed by atoms with van der Waals surface area (Å²) in [5.41, 5.74) is 1.49. The summed E-state index contributed by atoms with van der Waals surface area (Å²) >= 11 is 13.2. The minimum absolute atomic E-state index is 0.0644. The van der Waals surface area contributed by atoms with E-state index in [1.165, 1.54) is 0 Å². The first-order valence-electron chi connectivity index (χ1n) is 7.50. The number of carbonyl (C=O) groups is 2. The van der Waals surface area contributed by atoms with Gasteiger partial charge in [-0.2, -0.15) is 0 Å². The molecule has 2 bridgehead atoms. The average molecular weight is 464 g/mol.